The minimum Gasteiger partial charge on any atom is -0.481 e. The number of thioether (sulfide) groups is 1. The average molecular weight is 306 g/mol. The van der Waals surface area contributed by atoms with Crippen LogP contribution in [0.1, 0.15) is 25.0 Å². The van der Waals surface area contributed by atoms with Crippen LogP contribution in [0.5, 0.6) is 0 Å². The minimum atomic E-state index is -0.716. The van der Waals surface area contributed by atoms with Crippen molar-refractivity contribution in [2.24, 2.45) is 5.41 Å². The van der Waals surface area contributed by atoms with Crippen molar-refractivity contribution in [1.29, 1.82) is 0 Å². The molecule has 0 atom stereocenters. The molecule has 1 N–H and O–H groups in total. The normalized spacial score (nSPS) is 16.6. The zero-order valence-corrected chi connectivity index (χ0v) is 12.0. The molecule has 1 heterocycles. The van der Waals surface area contributed by atoms with Gasteiger partial charge in [0.25, 0.3) is 0 Å². The van der Waals surface area contributed by atoms with Crippen molar-refractivity contribution < 1.29 is 9.90 Å². The summed E-state index contributed by atoms with van der Waals surface area (Å²) in [5, 5.41) is 9.86. The number of nitrogens with zero attached hydrogens (tertiary/aromatic N) is 1. The van der Waals surface area contributed by atoms with E-state index >= 15 is 0 Å². The Morgan fingerprint density at radius 3 is 2.78 bits per heavy atom. The van der Waals surface area contributed by atoms with Gasteiger partial charge >= 0.3 is 5.97 Å². The van der Waals surface area contributed by atoms with Gasteiger partial charge in [0.15, 0.2) is 0 Å². The number of carbonyl (C=O) groups is 1. The molecule has 1 saturated carbocycles. The molecule has 1 aromatic rings. The summed E-state index contributed by atoms with van der Waals surface area (Å²) >= 11 is 13.5. The van der Waals surface area contributed by atoms with Crippen LogP contribution >= 0.6 is 35.0 Å². The van der Waals surface area contributed by atoms with Crippen LogP contribution in [0.15, 0.2) is 12.1 Å². The predicted octanol–water partition coefficient (Wildman–Crippen LogP) is 3.88. The number of rotatable bonds is 6. The largest absolute Gasteiger partial charge is 0.481 e. The second-order valence-corrected chi connectivity index (χ2v) is 6.41. The van der Waals surface area contributed by atoms with E-state index in [1.54, 1.807) is 23.9 Å². The fourth-order valence-electron chi connectivity index (χ4n) is 1.79. The molecule has 1 aromatic heterocycles. The molecule has 0 bridgehead atoms. The van der Waals surface area contributed by atoms with Crippen molar-refractivity contribution in [2.75, 3.05) is 5.75 Å². The Kier molecular flexibility index (Phi) is 4.41. The molecule has 2 rings (SSSR count). The van der Waals surface area contributed by atoms with Crippen molar-refractivity contribution in [3.05, 3.63) is 28.0 Å². The number of carboxylic acids is 1. The van der Waals surface area contributed by atoms with Gasteiger partial charge < -0.3 is 5.11 Å². The second-order valence-electron chi connectivity index (χ2n) is 4.63. The Morgan fingerprint density at radius 1 is 1.44 bits per heavy atom. The van der Waals surface area contributed by atoms with Crippen LogP contribution in [0.25, 0.3) is 0 Å². The van der Waals surface area contributed by atoms with E-state index in [1.165, 1.54) is 0 Å². The van der Waals surface area contributed by atoms with Crippen LogP contribution in [0, 0.1) is 5.41 Å². The van der Waals surface area contributed by atoms with E-state index in [0.717, 1.165) is 24.3 Å². The SMILES string of the molecule is O=C(O)CC1(CSCc2nc(Cl)ccc2Cl)CC1. The summed E-state index contributed by atoms with van der Waals surface area (Å²) in [7, 11) is 0. The standard InChI is InChI=1S/C12H13Cl2NO2S/c13-8-1-2-10(14)15-9(8)6-18-7-12(3-4-12)5-11(16)17/h1-2H,3-7H2,(H,16,17). The Balaban J connectivity index is 1.85. The van der Waals surface area contributed by atoms with E-state index in [9.17, 15) is 4.79 Å². The zero-order chi connectivity index (χ0) is 13.2. The summed E-state index contributed by atoms with van der Waals surface area (Å²) in [5.74, 6) is 0.789. The Labute approximate surface area is 120 Å². The molecular formula is C12H13Cl2NO2S. The Morgan fingerprint density at radius 2 is 2.17 bits per heavy atom. The highest BCUT2D eigenvalue weighted by Crippen LogP contribution is 2.51. The summed E-state index contributed by atoms with van der Waals surface area (Å²) in [6, 6.07) is 3.39. The number of aromatic nitrogens is 1. The monoisotopic (exact) mass is 305 g/mol. The fraction of sp³-hybridized carbons (Fsp3) is 0.500. The number of hydrogen-bond acceptors (Lipinski definition) is 3. The molecule has 0 saturated heterocycles. The van der Waals surface area contributed by atoms with Crippen molar-refractivity contribution in [2.45, 2.75) is 25.0 Å². The van der Waals surface area contributed by atoms with Gasteiger partial charge in [-0.15, -0.1) is 0 Å². The van der Waals surface area contributed by atoms with E-state index < -0.39 is 5.97 Å². The molecule has 0 radical (unpaired) electrons. The highest BCUT2D eigenvalue weighted by molar-refractivity contribution is 7.98. The lowest BCUT2D eigenvalue weighted by atomic mass is 10.1. The van der Waals surface area contributed by atoms with E-state index in [4.69, 9.17) is 28.3 Å². The third kappa shape index (κ3) is 3.77. The molecule has 1 aliphatic rings. The first-order valence-electron chi connectivity index (χ1n) is 5.61. The Hall–Kier alpha value is -0.450. The molecule has 0 aromatic carbocycles. The molecule has 0 unspecified atom stereocenters. The molecule has 6 heteroatoms. The van der Waals surface area contributed by atoms with Crippen molar-refractivity contribution in [1.82, 2.24) is 4.98 Å². The van der Waals surface area contributed by atoms with Gasteiger partial charge in [0.1, 0.15) is 5.15 Å². The van der Waals surface area contributed by atoms with Crippen LogP contribution in [0.4, 0.5) is 0 Å². The Bertz CT molecular complexity index is 463. The lowest BCUT2D eigenvalue weighted by Crippen LogP contribution is -2.11. The molecule has 0 amide bonds. The van der Waals surface area contributed by atoms with Crippen molar-refractivity contribution >= 4 is 40.9 Å². The molecule has 1 fully saturated rings. The average Bonchev–Trinajstić information content (AvgIpc) is 3.02. The predicted molar refractivity (Wildman–Crippen MR) is 74.3 cm³/mol. The lowest BCUT2D eigenvalue weighted by Gasteiger charge is -2.11. The number of hydrogen-bond donors (Lipinski definition) is 1. The maximum Gasteiger partial charge on any atom is 0.303 e. The van der Waals surface area contributed by atoms with Crippen molar-refractivity contribution in [3.8, 4) is 0 Å². The van der Waals surface area contributed by atoms with E-state index in [0.29, 0.717) is 15.9 Å². The quantitative estimate of drug-likeness (QED) is 0.810. The summed E-state index contributed by atoms with van der Waals surface area (Å²) < 4.78 is 0. The molecule has 98 valence electrons. The summed E-state index contributed by atoms with van der Waals surface area (Å²) in [4.78, 5) is 14.9. The minimum absolute atomic E-state index is 0.00154. The van der Waals surface area contributed by atoms with Gasteiger partial charge in [-0.25, -0.2) is 4.98 Å². The number of halogens is 2. The molecule has 18 heavy (non-hydrogen) atoms. The third-order valence-electron chi connectivity index (χ3n) is 3.02. The number of pyridine rings is 1. The molecule has 1 aliphatic carbocycles. The lowest BCUT2D eigenvalue weighted by molar-refractivity contribution is -0.138. The van der Waals surface area contributed by atoms with E-state index in [-0.39, 0.29) is 11.8 Å². The van der Waals surface area contributed by atoms with Crippen LogP contribution < -0.4 is 0 Å². The molecule has 0 aliphatic heterocycles. The summed E-state index contributed by atoms with van der Waals surface area (Å²) in [5.41, 5.74) is 0.766. The number of aliphatic carboxylic acids is 1. The van der Waals surface area contributed by atoms with E-state index in [2.05, 4.69) is 4.98 Å². The van der Waals surface area contributed by atoms with Gasteiger partial charge in [-0.2, -0.15) is 11.8 Å². The van der Waals surface area contributed by atoms with Crippen LogP contribution in [0.3, 0.4) is 0 Å². The first-order chi connectivity index (χ1) is 8.51. The maximum absolute atomic E-state index is 10.7. The van der Waals surface area contributed by atoms with Gasteiger partial charge in [0.2, 0.25) is 0 Å². The zero-order valence-electron chi connectivity index (χ0n) is 9.66. The molecule has 0 spiro atoms. The van der Waals surface area contributed by atoms with Gasteiger partial charge in [-0.05, 0) is 36.1 Å². The maximum atomic E-state index is 10.7. The fourth-order valence-corrected chi connectivity index (χ4v) is 3.55. The topological polar surface area (TPSA) is 50.2 Å². The molecule has 3 nitrogen and oxygen atoms in total. The van der Waals surface area contributed by atoms with Crippen LogP contribution in [-0.2, 0) is 10.5 Å². The van der Waals surface area contributed by atoms with E-state index in [1.807, 2.05) is 0 Å². The third-order valence-corrected chi connectivity index (χ3v) is 4.86. The van der Waals surface area contributed by atoms with Crippen LogP contribution in [-0.4, -0.2) is 21.8 Å². The second kappa shape index (κ2) is 5.68. The summed E-state index contributed by atoms with van der Waals surface area (Å²) in [6.45, 7) is 0. The summed E-state index contributed by atoms with van der Waals surface area (Å²) in [6.07, 6.45) is 2.27. The van der Waals surface area contributed by atoms with Crippen LogP contribution in [0.2, 0.25) is 10.2 Å². The molecular weight excluding hydrogens is 293 g/mol. The van der Waals surface area contributed by atoms with Crippen molar-refractivity contribution in [3.63, 3.8) is 0 Å². The number of carboxylic acid groups (broad SMARTS) is 1. The first-order valence-corrected chi connectivity index (χ1v) is 7.52. The first kappa shape index (κ1) is 14.0. The smallest absolute Gasteiger partial charge is 0.303 e. The van der Waals surface area contributed by atoms with Gasteiger partial charge in [0.05, 0.1) is 17.1 Å². The highest BCUT2D eigenvalue weighted by Gasteiger charge is 2.44. The van der Waals surface area contributed by atoms with Gasteiger partial charge in [0, 0.05) is 5.75 Å². The van der Waals surface area contributed by atoms with Gasteiger partial charge in [-0.3, -0.25) is 4.79 Å². The van der Waals surface area contributed by atoms with Gasteiger partial charge in [-0.1, -0.05) is 23.2 Å². The highest BCUT2D eigenvalue weighted by atomic mass is 35.5.